The van der Waals surface area contributed by atoms with Crippen LogP contribution in [0.2, 0.25) is 0 Å². The van der Waals surface area contributed by atoms with Crippen LogP contribution in [-0.2, 0) is 42.7 Å². The number of carbonyl (C=O) groups excluding carboxylic acids is 2. The van der Waals surface area contributed by atoms with Crippen molar-refractivity contribution in [3.05, 3.63) is 23.1 Å². The van der Waals surface area contributed by atoms with Gasteiger partial charge in [-0.2, -0.15) is 8.42 Å². The maximum absolute atomic E-state index is 13.2. The van der Waals surface area contributed by atoms with E-state index in [0.29, 0.717) is 10.7 Å². The number of tetrazole rings is 1. The number of aromatic nitrogens is 5. The van der Waals surface area contributed by atoms with Gasteiger partial charge in [0.2, 0.25) is 11.1 Å². The first-order valence-electron chi connectivity index (χ1n) is 9.92. The van der Waals surface area contributed by atoms with Gasteiger partial charge in [-0.25, -0.2) is 9.48 Å². The fraction of sp³-hybridized carbons (Fsp3) is 0.471. The Morgan fingerprint density at radius 2 is 2.19 bits per heavy atom. The third-order valence-electron chi connectivity index (χ3n) is 5.03. The van der Waals surface area contributed by atoms with E-state index in [0.717, 1.165) is 17.2 Å². The molecule has 194 valence electrons. The molecule has 0 aliphatic carbocycles. The van der Waals surface area contributed by atoms with Crippen LogP contribution in [0.3, 0.4) is 0 Å². The molecule has 4 heterocycles. The molecule has 19 heteroatoms. The van der Waals surface area contributed by atoms with E-state index in [-0.39, 0.29) is 28.8 Å². The van der Waals surface area contributed by atoms with E-state index in [9.17, 15) is 27.9 Å². The number of aliphatic carboxylic acids is 1. The number of hydrogen-bond acceptors (Lipinski definition) is 14. The summed E-state index contributed by atoms with van der Waals surface area (Å²) in [6.45, 7) is 0. The van der Waals surface area contributed by atoms with Crippen molar-refractivity contribution in [2.45, 2.75) is 22.7 Å². The predicted octanol–water partition coefficient (Wildman–Crippen LogP) is -1.42. The van der Waals surface area contributed by atoms with Crippen LogP contribution in [0.1, 0.15) is 5.76 Å². The fourth-order valence-corrected chi connectivity index (χ4v) is 6.35. The van der Waals surface area contributed by atoms with Crippen molar-refractivity contribution in [2.24, 2.45) is 7.05 Å². The normalized spacial score (nSPS) is 21.7. The third kappa shape index (κ3) is 4.90. The molecule has 1 fully saturated rings. The number of thioether (sulfide) groups is 2. The number of fused-ring (bicyclic) bond motifs is 1. The highest BCUT2D eigenvalue weighted by Crippen LogP contribution is 2.47. The third-order valence-corrected chi connectivity index (χ3v) is 7.97. The lowest BCUT2D eigenvalue weighted by atomic mass is 9.98. The maximum atomic E-state index is 13.2. The molecule has 16 nitrogen and oxygen atoms in total. The number of ether oxygens (including phenoxy) is 1. The van der Waals surface area contributed by atoms with Crippen LogP contribution in [0.5, 0.6) is 5.88 Å². The quantitative estimate of drug-likeness (QED) is 0.148. The van der Waals surface area contributed by atoms with Gasteiger partial charge in [0.25, 0.3) is 17.5 Å². The number of rotatable bonds is 10. The van der Waals surface area contributed by atoms with E-state index in [2.05, 4.69) is 30.2 Å². The second kappa shape index (κ2) is 9.71. The smallest absolute Gasteiger partial charge is 0.352 e. The monoisotopic (exact) mass is 561 g/mol. The molecule has 0 saturated carbocycles. The number of aryl methyl sites for hydroxylation is 1. The van der Waals surface area contributed by atoms with E-state index in [4.69, 9.17) is 9.26 Å². The zero-order chi connectivity index (χ0) is 26.3. The molecule has 36 heavy (non-hydrogen) atoms. The molecule has 2 atom stereocenters. The molecular formula is C17H19N7O9S3. The predicted molar refractivity (Wildman–Crippen MR) is 121 cm³/mol. The average molecular weight is 562 g/mol. The molecule has 2 aliphatic rings. The number of amides is 2. The molecule has 2 aromatic heterocycles. The van der Waals surface area contributed by atoms with E-state index in [1.807, 2.05) is 0 Å². The summed E-state index contributed by atoms with van der Waals surface area (Å²) in [6.07, 6.45) is 0.411. The highest BCUT2D eigenvalue weighted by molar-refractivity contribution is 8.01. The molecule has 2 aromatic rings. The number of hydrogen-bond donors (Lipinski definition) is 2. The minimum atomic E-state index is -3.84. The zero-order valence-electron chi connectivity index (χ0n) is 18.9. The Labute approximate surface area is 211 Å². The number of carbonyl (C=O) groups is 3. The van der Waals surface area contributed by atoms with Gasteiger partial charge in [-0.05, 0) is 21.2 Å². The average Bonchev–Trinajstić information content (AvgIpc) is 3.41. The first-order chi connectivity index (χ1) is 16.9. The van der Waals surface area contributed by atoms with Crippen LogP contribution < -0.4 is 9.50 Å². The number of nitrogens with one attached hydrogen (secondary N) is 1. The van der Waals surface area contributed by atoms with Crippen molar-refractivity contribution < 1.29 is 41.4 Å². The van der Waals surface area contributed by atoms with E-state index < -0.39 is 45.4 Å². The SMILES string of the molecule is CO[C@@]1(NC(=O)Cc2cc(OS(C)(=O)=O)no2)C(=O)N2C(C(=O)O)=C(CSc3nnnn3C)CS[C@H]21. The van der Waals surface area contributed by atoms with Crippen molar-refractivity contribution >= 4 is 51.4 Å². The van der Waals surface area contributed by atoms with Crippen LogP contribution in [0.15, 0.2) is 27.0 Å². The van der Waals surface area contributed by atoms with Gasteiger partial charge in [0.15, 0.2) is 0 Å². The molecule has 0 bridgehead atoms. The Morgan fingerprint density at radius 3 is 2.81 bits per heavy atom. The number of carboxylic acid groups (broad SMARTS) is 1. The summed E-state index contributed by atoms with van der Waals surface area (Å²) in [4.78, 5) is 39.0. The van der Waals surface area contributed by atoms with Gasteiger partial charge in [0.1, 0.15) is 16.8 Å². The summed E-state index contributed by atoms with van der Waals surface area (Å²) >= 11 is 2.45. The minimum absolute atomic E-state index is 0.0268. The van der Waals surface area contributed by atoms with Crippen molar-refractivity contribution in [1.82, 2.24) is 35.6 Å². The van der Waals surface area contributed by atoms with Crippen LogP contribution in [0.4, 0.5) is 0 Å². The lowest BCUT2D eigenvalue weighted by Gasteiger charge is -2.55. The van der Waals surface area contributed by atoms with Gasteiger partial charge in [-0.3, -0.25) is 14.5 Å². The molecule has 2 N–H and O–H groups in total. The highest BCUT2D eigenvalue weighted by atomic mass is 32.2. The maximum Gasteiger partial charge on any atom is 0.352 e. The van der Waals surface area contributed by atoms with Crippen molar-refractivity contribution in [3.63, 3.8) is 0 Å². The summed E-state index contributed by atoms with van der Waals surface area (Å²) in [6, 6.07) is 1.12. The van der Waals surface area contributed by atoms with Gasteiger partial charge < -0.3 is 23.9 Å². The summed E-state index contributed by atoms with van der Waals surface area (Å²) < 4.78 is 38.7. The first kappa shape index (κ1) is 25.9. The van der Waals surface area contributed by atoms with Crippen LogP contribution in [0, 0.1) is 0 Å². The zero-order valence-corrected chi connectivity index (χ0v) is 21.3. The molecule has 0 unspecified atom stereocenters. The van der Waals surface area contributed by atoms with Crippen molar-refractivity contribution in [1.29, 1.82) is 0 Å². The Balaban J connectivity index is 1.48. The molecular weight excluding hydrogens is 542 g/mol. The summed E-state index contributed by atoms with van der Waals surface area (Å²) in [5.74, 6) is -2.65. The number of nitrogens with zero attached hydrogens (tertiary/aromatic N) is 6. The molecule has 4 rings (SSSR count). The topological polar surface area (TPSA) is 209 Å². The molecule has 0 spiro atoms. The second-order valence-electron chi connectivity index (χ2n) is 7.55. The van der Waals surface area contributed by atoms with Gasteiger partial charge in [0.05, 0.1) is 12.7 Å². The van der Waals surface area contributed by atoms with Crippen LogP contribution >= 0.6 is 23.5 Å². The van der Waals surface area contributed by atoms with Gasteiger partial charge in [-0.1, -0.05) is 11.8 Å². The lowest BCUT2D eigenvalue weighted by molar-refractivity contribution is -0.192. The first-order valence-corrected chi connectivity index (χ1v) is 13.8. The Bertz CT molecular complexity index is 1350. The summed E-state index contributed by atoms with van der Waals surface area (Å²) in [7, 11) is -0.970. The van der Waals surface area contributed by atoms with E-state index in [1.165, 1.54) is 35.3 Å². The molecule has 1 saturated heterocycles. The second-order valence-corrected chi connectivity index (χ2v) is 11.1. The standard InChI is InChI=1S/C17H19N7O9S3/c1-23-16(19-21-22-23)35-7-8-6-34-15-17(31-2,14(28)24(15)12(8)13(26)27)18-10(25)4-9-5-11(20-32-9)33-36(3,29)30/h5,15H,4,6-7H2,1-3H3,(H,18,25)(H,26,27)/t15-,17-/m0/s1. The van der Waals surface area contributed by atoms with Crippen LogP contribution in [0.25, 0.3) is 0 Å². The van der Waals surface area contributed by atoms with Crippen molar-refractivity contribution in [3.8, 4) is 5.88 Å². The van der Waals surface area contributed by atoms with Crippen molar-refractivity contribution in [2.75, 3.05) is 24.9 Å². The Morgan fingerprint density at radius 1 is 1.44 bits per heavy atom. The van der Waals surface area contributed by atoms with Gasteiger partial charge >= 0.3 is 16.1 Å². The van der Waals surface area contributed by atoms with Crippen LogP contribution in [-0.4, -0.2) is 97.5 Å². The minimum Gasteiger partial charge on any atom is -0.477 e. The van der Waals surface area contributed by atoms with Gasteiger partial charge in [0, 0.05) is 31.7 Å². The molecule has 2 amide bonds. The molecule has 2 aliphatic heterocycles. The fourth-order valence-electron chi connectivity index (χ4n) is 3.53. The largest absolute Gasteiger partial charge is 0.477 e. The molecule has 0 aromatic carbocycles. The lowest BCUT2D eigenvalue weighted by Crippen LogP contribution is -2.80. The number of carboxylic acids is 1. The van der Waals surface area contributed by atoms with Gasteiger partial charge in [-0.15, -0.1) is 16.9 Å². The highest BCUT2D eigenvalue weighted by Gasteiger charge is 2.66. The Kier molecular flexibility index (Phi) is 6.99. The van der Waals surface area contributed by atoms with E-state index in [1.54, 1.807) is 7.05 Å². The molecule has 0 radical (unpaired) electrons. The number of methoxy groups -OCH3 is 1. The summed E-state index contributed by atoms with van der Waals surface area (Å²) in [5, 5.41) is 26.5. The Hall–Kier alpha value is -3.16. The van der Waals surface area contributed by atoms with E-state index >= 15 is 0 Å². The number of β-lactam (4-membered cyclic amide) rings is 1. The summed E-state index contributed by atoms with van der Waals surface area (Å²) in [5.41, 5.74) is -1.51.